The van der Waals surface area contributed by atoms with E-state index in [2.05, 4.69) is 21.3 Å². The van der Waals surface area contributed by atoms with Gasteiger partial charge in [-0.1, -0.05) is 58.0 Å². The summed E-state index contributed by atoms with van der Waals surface area (Å²) in [5.41, 5.74) is 0.930. The largest absolute Gasteiger partial charge is 0.481 e. The third-order valence-electron chi connectivity index (χ3n) is 8.71. The Morgan fingerprint density at radius 2 is 1.20 bits per heavy atom. The lowest BCUT2D eigenvalue weighted by Crippen LogP contribution is -2.62. The molecule has 0 spiro atoms. The van der Waals surface area contributed by atoms with E-state index in [1.54, 1.807) is 41.5 Å². The Morgan fingerprint density at radius 3 is 1.67 bits per heavy atom. The third kappa shape index (κ3) is 15.5. The van der Waals surface area contributed by atoms with Crippen molar-refractivity contribution in [2.45, 2.75) is 117 Å². The smallest absolute Gasteiger partial charge is 0.326 e. The number of hydrogen-bond donors (Lipinski definition) is 7. The first-order chi connectivity index (χ1) is 25.2. The third-order valence-corrected chi connectivity index (χ3v) is 8.71. The van der Waals surface area contributed by atoms with E-state index in [9.17, 15) is 53.7 Å². The van der Waals surface area contributed by atoms with E-state index >= 15 is 0 Å². The Bertz CT molecular complexity index is 1450. The molecule has 0 aliphatic rings. The van der Waals surface area contributed by atoms with E-state index < -0.39 is 96.5 Å². The lowest BCUT2D eigenvalue weighted by atomic mass is 9.99. The van der Waals surface area contributed by atoms with E-state index in [0.29, 0.717) is 6.42 Å². The number of nitrogens with zero attached hydrogens (tertiary/aromatic N) is 2. The quantitative estimate of drug-likeness (QED) is 0.0798. The summed E-state index contributed by atoms with van der Waals surface area (Å²) >= 11 is 0. The van der Waals surface area contributed by atoms with E-state index in [4.69, 9.17) is 0 Å². The molecule has 6 atom stereocenters. The fourth-order valence-corrected chi connectivity index (χ4v) is 5.77. The van der Waals surface area contributed by atoms with Gasteiger partial charge in [-0.3, -0.25) is 33.6 Å². The molecule has 0 saturated heterocycles. The maximum atomic E-state index is 13.7. The van der Waals surface area contributed by atoms with Crippen LogP contribution in [0.3, 0.4) is 0 Å². The molecule has 54 heavy (non-hydrogen) atoms. The number of hydrogen-bond acceptors (Lipinski definition) is 9. The number of carbonyl (C=O) groups excluding carboxylic acids is 6. The number of aliphatic hydroxyl groups is 1. The van der Waals surface area contributed by atoms with E-state index in [0.717, 1.165) is 5.56 Å². The van der Waals surface area contributed by atoms with Gasteiger partial charge in [-0.05, 0) is 51.0 Å². The summed E-state index contributed by atoms with van der Waals surface area (Å²) in [5.74, 6) is -8.53. The Kier molecular flexibility index (Phi) is 19.9. The van der Waals surface area contributed by atoms with Gasteiger partial charge in [-0.15, -0.1) is 0 Å². The summed E-state index contributed by atoms with van der Waals surface area (Å²) in [6.07, 6.45) is -2.62. The number of benzene rings is 1. The van der Waals surface area contributed by atoms with Crippen molar-refractivity contribution in [1.29, 1.82) is 0 Å². The highest BCUT2D eigenvalue weighted by molar-refractivity contribution is 5.98. The summed E-state index contributed by atoms with van der Waals surface area (Å²) in [5, 5.41) is 38.9. The number of aliphatic hydroxyl groups excluding tert-OH is 1. The maximum absolute atomic E-state index is 13.7. The van der Waals surface area contributed by atoms with Crippen LogP contribution in [0.5, 0.6) is 0 Å². The minimum Gasteiger partial charge on any atom is -0.481 e. The standard InChI is InChI=1S/C37H58N6O11/c1-9-43(10-2)29(46)19-25(33(49)38-26(20-30(47)48)34(50)40-27(37(53)54)18-21(3)4)39-35(51)31(23(7)44)41-36(52)32(22(5)6)42(8)28(45)17-16-24-14-12-11-13-15-24/h11-15,21-23,25-27,31-32,44H,9-10,16-20H2,1-8H3,(H,38,49)(H,39,51)(H,40,50)(H,41,52)(H,47,48)(H,53,54)/t23?,25-,26-,27-,31-,32-/m0/s1. The lowest BCUT2D eigenvalue weighted by Gasteiger charge is -2.33. The Morgan fingerprint density at radius 1 is 0.685 bits per heavy atom. The van der Waals surface area contributed by atoms with Crippen LogP contribution in [0.4, 0.5) is 0 Å². The van der Waals surface area contributed by atoms with Crippen LogP contribution in [-0.2, 0) is 44.8 Å². The summed E-state index contributed by atoms with van der Waals surface area (Å²) in [6, 6.07) is 1.61. The second kappa shape index (κ2) is 22.9. The Labute approximate surface area is 316 Å². The van der Waals surface area contributed by atoms with Crippen LogP contribution in [0.25, 0.3) is 0 Å². The molecule has 0 saturated carbocycles. The number of likely N-dealkylation sites (N-methyl/N-ethyl adjacent to an activating group) is 1. The molecule has 0 fully saturated rings. The highest BCUT2D eigenvalue weighted by atomic mass is 16.4. The summed E-state index contributed by atoms with van der Waals surface area (Å²) < 4.78 is 0. The van der Waals surface area contributed by atoms with E-state index in [1.165, 1.54) is 23.8 Å². The minimum absolute atomic E-state index is 0.00756. The van der Waals surface area contributed by atoms with Crippen molar-refractivity contribution < 1.29 is 53.7 Å². The topological polar surface area (TPSA) is 252 Å². The maximum Gasteiger partial charge on any atom is 0.326 e. The number of aliphatic carboxylic acids is 2. The van der Waals surface area contributed by atoms with Crippen molar-refractivity contribution in [3.8, 4) is 0 Å². The molecule has 6 amide bonds. The van der Waals surface area contributed by atoms with Gasteiger partial charge in [0.1, 0.15) is 30.2 Å². The zero-order chi connectivity index (χ0) is 41.3. The zero-order valence-corrected chi connectivity index (χ0v) is 32.5. The predicted molar refractivity (Wildman–Crippen MR) is 197 cm³/mol. The molecular weight excluding hydrogens is 704 g/mol. The van der Waals surface area contributed by atoms with Gasteiger partial charge in [-0.25, -0.2) is 4.79 Å². The first kappa shape index (κ1) is 47.0. The molecule has 0 heterocycles. The molecule has 1 aromatic carbocycles. The number of carboxylic acid groups (broad SMARTS) is 2. The summed E-state index contributed by atoms with van der Waals surface area (Å²) in [6.45, 7) is 11.9. The summed E-state index contributed by atoms with van der Waals surface area (Å²) in [7, 11) is 1.46. The lowest BCUT2D eigenvalue weighted by molar-refractivity contribution is -0.145. The molecule has 17 nitrogen and oxygen atoms in total. The van der Waals surface area contributed by atoms with Gasteiger partial charge in [0.15, 0.2) is 0 Å². The molecule has 1 rings (SSSR count). The monoisotopic (exact) mass is 762 g/mol. The molecule has 0 radical (unpaired) electrons. The van der Waals surface area contributed by atoms with Gasteiger partial charge >= 0.3 is 11.9 Å². The molecule has 302 valence electrons. The van der Waals surface area contributed by atoms with Crippen LogP contribution in [0, 0.1) is 11.8 Å². The molecule has 0 aromatic heterocycles. The minimum atomic E-state index is -1.80. The average Bonchev–Trinajstić information content (AvgIpc) is 3.08. The number of amides is 6. The normalized spacial score (nSPS) is 14.4. The van der Waals surface area contributed by atoms with Gasteiger partial charge < -0.3 is 46.4 Å². The molecule has 7 N–H and O–H groups in total. The van der Waals surface area contributed by atoms with Crippen LogP contribution in [0.1, 0.15) is 79.7 Å². The molecule has 0 bridgehead atoms. The SMILES string of the molecule is CCN(CC)C(=O)C[C@H](NC(=O)[C@@H](NC(=O)[C@H](C(C)C)N(C)C(=O)CCc1ccccc1)C(C)O)C(=O)N[C@@H](CC(=O)O)C(=O)N[C@@H](CC(C)C)C(=O)O. The predicted octanol–water partition coefficient (Wildman–Crippen LogP) is 0.286. The molecule has 0 aliphatic carbocycles. The van der Waals surface area contributed by atoms with Crippen LogP contribution >= 0.6 is 0 Å². The highest BCUT2D eigenvalue weighted by Gasteiger charge is 2.37. The van der Waals surface area contributed by atoms with Gasteiger partial charge in [0.25, 0.3) is 0 Å². The molecule has 17 heteroatoms. The van der Waals surface area contributed by atoms with Crippen LogP contribution in [0.2, 0.25) is 0 Å². The fraction of sp³-hybridized carbons (Fsp3) is 0.622. The second-order valence-electron chi connectivity index (χ2n) is 13.9. The number of carbonyl (C=O) groups is 8. The molecule has 1 aromatic rings. The average molecular weight is 763 g/mol. The van der Waals surface area contributed by atoms with Crippen molar-refractivity contribution in [3.63, 3.8) is 0 Å². The molecule has 1 unspecified atom stereocenters. The van der Waals surface area contributed by atoms with Gasteiger partial charge in [-0.2, -0.15) is 0 Å². The van der Waals surface area contributed by atoms with Gasteiger partial charge in [0, 0.05) is 26.6 Å². The number of carboxylic acids is 2. The number of aryl methyl sites for hydroxylation is 1. The van der Waals surface area contributed by atoms with Crippen molar-refractivity contribution >= 4 is 47.4 Å². The molecular formula is C37H58N6O11. The summed E-state index contributed by atoms with van der Waals surface area (Å²) in [4.78, 5) is 106. The number of rotatable bonds is 23. The Hall–Kier alpha value is -5.06. The van der Waals surface area contributed by atoms with Crippen molar-refractivity contribution in [2.75, 3.05) is 20.1 Å². The fourth-order valence-electron chi connectivity index (χ4n) is 5.77. The van der Waals surface area contributed by atoms with E-state index in [-0.39, 0.29) is 37.8 Å². The second-order valence-corrected chi connectivity index (χ2v) is 13.9. The highest BCUT2D eigenvalue weighted by Crippen LogP contribution is 2.14. The van der Waals surface area contributed by atoms with Gasteiger partial charge in [0.2, 0.25) is 35.4 Å². The van der Waals surface area contributed by atoms with Crippen molar-refractivity contribution in [1.82, 2.24) is 31.1 Å². The van der Waals surface area contributed by atoms with Crippen molar-refractivity contribution in [3.05, 3.63) is 35.9 Å². The Balaban J connectivity index is 3.35. The number of nitrogens with one attached hydrogen (secondary N) is 4. The first-order valence-corrected chi connectivity index (χ1v) is 18.1. The van der Waals surface area contributed by atoms with Crippen LogP contribution in [-0.4, -0.2) is 129 Å². The van der Waals surface area contributed by atoms with Crippen LogP contribution < -0.4 is 21.3 Å². The van der Waals surface area contributed by atoms with Crippen molar-refractivity contribution in [2.24, 2.45) is 11.8 Å². The molecule has 0 aliphatic heterocycles. The van der Waals surface area contributed by atoms with Crippen LogP contribution in [0.15, 0.2) is 30.3 Å². The van der Waals surface area contributed by atoms with Gasteiger partial charge in [0.05, 0.1) is 18.9 Å². The van der Waals surface area contributed by atoms with E-state index in [1.807, 2.05) is 30.3 Å². The zero-order valence-electron chi connectivity index (χ0n) is 32.5. The first-order valence-electron chi connectivity index (χ1n) is 18.1.